The summed E-state index contributed by atoms with van der Waals surface area (Å²) >= 11 is 1.45. The number of amides is 2. The number of hydrogen-bond acceptors (Lipinski definition) is 6. The maximum absolute atomic E-state index is 13.3. The minimum absolute atomic E-state index is 0.000893. The van der Waals surface area contributed by atoms with Gasteiger partial charge in [0.2, 0.25) is 5.91 Å². The van der Waals surface area contributed by atoms with E-state index < -0.39 is 0 Å². The predicted octanol–water partition coefficient (Wildman–Crippen LogP) is 3.91. The molecule has 1 aliphatic rings. The molecule has 8 heteroatoms. The fourth-order valence-electron chi connectivity index (χ4n) is 3.77. The highest BCUT2D eigenvalue weighted by atomic mass is 32.1. The van der Waals surface area contributed by atoms with E-state index in [9.17, 15) is 9.59 Å². The van der Waals surface area contributed by atoms with Crippen molar-refractivity contribution >= 4 is 28.3 Å². The van der Waals surface area contributed by atoms with Crippen LogP contribution < -0.4 is 5.32 Å². The molecule has 2 heterocycles. The average Bonchev–Trinajstić information content (AvgIpc) is 3.13. The van der Waals surface area contributed by atoms with Gasteiger partial charge in [-0.15, -0.1) is 11.3 Å². The quantitative estimate of drug-likeness (QED) is 0.502. The van der Waals surface area contributed by atoms with E-state index in [4.69, 9.17) is 4.74 Å². The van der Waals surface area contributed by atoms with Crippen LogP contribution in [0.15, 0.2) is 24.3 Å². The number of aryl methyl sites for hydroxylation is 3. The molecule has 2 amide bonds. The summed E-state index contributed by atoms with van der Waals surface area (Å²) in [5.41, 5.74) is 2.77. The van der Waals surface area contributed by atoms with Gasteiger partial charge >= 0.3 is 0 Å². The molecule has 0 spiro atoms. The molecule has 0 radical (unpaired) electrons. The summed E-state index contributed by atoms with van der Waals surface area (Å²) < 4.78 is 5.42. The molecular weight excluding hydrogens is 436 g/mol. The van der Waals surface area contributed by atoms with Crippen LogP contribution in [0.5, 0.6) is 0 Å². The van der Waals surface area contributed by atoms with Crippen LogP contribution in [0.3, 0.4) is 0 Å². The van der Waals surface area contributed by atoms with Crippen LogP contribution in [0, 0.1) is 13.8 Å². The van der Waals surface area contributed by atoms with Gasteiger partial charge in [-0.25, -0.2) is 4.98 Å². The molecule has 1 aromatic heterocycles. The van der Waals surface area contributed by atoms with Crippen LogP contribution in [0.4, 0.5) is 5.13 Å². The van der Waals surface area contributed by atoms with Gasteiger partial charge in [-0.1, -0.05) is 31.9 Å². The Morgan fingerprint density at radius 3 is 2.52 bits per heavy atom. The fraction of sp³-hybridized carbons (Fsp3) is 0.560. The molecule has 0 aliphatic carbocycles. The molecule has 0 saturated carbocycles. The summed E-state index contributed by atoms with van der Waals surface area (Å²) in [4.78, 5) is 35.5. The number of carbonyl (C=O) groups is 2. The first-order valence-electron chi connectivity index (χ1n) is 11.9. The molecule has 7 nitrogen and oxygen atoms in total. The maximum atomic E-state index is 13.3. The molecule has 3 rings (SSSR count). The van der Waals surface area contributed by atoms with E-state index in [2.05, 4.69) is 22.1 Å². The first kappa shape index (κ1) is 25.3. The molecule has 0 bridgehead atoms. The average molecular weight is 473 g/mol. The number of rotatable bonds is 11. The van der Waals surface area contributed by atoms with Gasteiger partial charge in [0, 0.05) is 36.6 Å². The predicted molar refractivity (Wildman–Crippen MR) is 133 cm³/mol. The van der Waals surface area contributed by atoms with Crippen LogP contribution in [-0.2, 0) is 16.0 Å². The Balaban J connectivity index is 1.65. The lowest BCUT2D eigenvalue weighted by Gasteiger charge is -2.30. The second-order valence-electron chi connectivity index (χ2n) is 8.54. The zero-order valence-electron chi connectivity index (χ0n) is 20.1. The standard InChI is InChI=1S/C25H36N4O3S/c1-4-5-6-7-21-8-10-22(11-9-21)24(31)29(13-12-28-14-16-32-17-15-28)18-23(30)27-25-26-19(2)20(3)33-25/h8-11H,4-7,12-18H2,1-3H3,(H,26,27,30). The molecule has 1 saturated heterocycles. The summed E-state index contributed by atoms with van der Waals surface area (Å²) in [5, 5.41) is 3.43. The number of hydrogen-bond donors (Lipinski definition) is 1. The number of ether oxygens (including phenoxy) is 1. The van der Waals surface area contributed by atoms with E-state index in [1.807, 2.05) is 38.1 Å². The highest BCUT2D eigenvalue weighted by Crippen LogP contribution is 2.21. The Labute approximate surface area is 201 Å². The summed E-state index contributed by atoms with van der Waals surface area (Å²) in [5.74, 6) is -0.347. The van der Waals surface area contributed by atoms with Crippen molar-refractivity contribution in [1.29, 1.82) is 0 Å². The van der Waals surface area contributed by atoms with Crippen LogP contribution >= 0.6 is 11.3 Å². The number of aromatic nitrogens is 1. The van der Waals surface area contributed by atoms with E-state index in [0.29, 0.717) is 37.0 Å². The highest BCUT2D eigenvalue weighted by Gasteiger charge is 2.21. The summed E-state index contributed by atoms with van der Waals surface area (Å²) in [6, 6.07) is 7.84. The molecule has 1 aromatic carbocycles. The van der Waals surface area contributed by atoms with Crippen molar-refractivity contribution < 1.29 is 14.3 Å². The van der Waals surface area contributed by atoms with Crippen LogP contribution in [0.1, 0.15) is 52.7 Å². The molecule has 2 aromatic rings. The zero-order chi connectivity index (χ0) is 23.6. The monoisotopic (exact) mass is 472 g/mol. The number of nitrogens with one attached hydrogen (secondary N) is 1. The first-order valence-corrected chi connectivity index (χ1v) is 12.7. The van der Waals surface area contributed by atoms with Crippen molar-refractivity contribution in [1.82, 2.24) is 14.8 Å². The topological polar surface area (TPSA) is 74.8 Å². The highest BCUT2D eigenvalue weighted by molar-refractivity contribution is 7.15. The molecule has 33 heavy (non-hydrogen) atoms. The Morgan fingerprint density at radius 2 is 1.88 bits per heavy atom. The van der Waals surface area contributed by atoms with E-state index in [-0.39, 0.29) is 18.4 Å². The Kier molecular flexibility index (Phi) is 9.84. The third-order valence-electron chi connectivity index (χ3n) is 5.96. The zero-order valence-corrected chi connectivity index (χ0v) is 20.9. The molecular formula is C25H36N4O3S. The van der Waals surface area contributed by atoms with Crippen molar-refractivity contribution in [2.75, 3.05) is 51.3 Å². The van der Waals surface area contributed by atoms with Crippen molar-refractivity contribution in [3.8, 4) is 0 Å². The molecule has 0 atom stereocenters. The second-order valence-corrected chi connectivity index (χ2v) is 9.75. The van der Waals surface area contributed by atoms with Crippen molar-refractivity contribution in [3.63, 3.8) is 0 Å². The minimum atomic E-state index is -0.227. The third-order valence-corrected chi connectivity index (χ3v) is 6.94. The number of nitrogens with zero attached hydrogens (tertiary/aromatic N) is 3. The van der Waals surface area contributed by atoms with Crippen LogP contribution in [-0.4, -0.2) is 72.5 Å². The normalized spacial score (nSPS) is 14.3. The van der Waals surface area contributed by atoms with Crippen LogP contribution in [0.2, 0.25) is 0 Å². The summed E-state index contributed by atoms with van der Waals surface area (Å²) in [7, 11) is 0. The number of anilines is 1. The second kappa shape index (κ2) is 12.8. The van der Waals surface area contributed by atoms with Gasteiger partial charge < -0.3 is 15.0 Å². The Hall–Kier alpha value is -2.29. The smallest absolute Gasteiger partial charge is 0.254 e. The molecule has 180 valence electrons. The third kappa shape index (κ3) is 7.91. The van der Waals surface area contributed by atoms with Gasteiger partial charge in [0.15, 0.2) is 5.13 Å². The maximum Gasteiger partial charge on any atom is 0.254 e. The number of carbonyl (C=O) groups excluding carboxylic acids is 2. The van der Waals surface area contributed by atoms with E-state index in [0.717, 1.165) is 36.5 Å². The lowest BCUT2D eigenvalue weighted by Crippen LogP contribution is -2.45. The number of benzene rings is 1. The molecule has 0 unspecified atom stereocenters. The van der Waals surface area contributed by atoms with Crippen molar-refractivity contribution in [2.24, 2.45) is 0 Å². The van der Waals surface area contributed by atoms with E-state index in [1.165, 1.54) is 29.7 Å². The lowest BCUT2D eigenvalue weighted by molar-refractivity contribution is -0.117. The van der Waals surface area contributed by atoms with Gasteiger partial charge in [0.05, 0.1) is 18.9 Å². The van der Waals surface area contributed by atoms with E-state index >= 15 is 0 Å². The first-order chi connectivity index (χ1) is 16.0. The van der Waals surface area contributed by atoms with Crippen LogP contribution in [0.25, 0.3) is 0 Å². The van der Waals surface area contributed by atoms with Gasteiger partial charge in [-0.3, -0.25) is 14.5 Å². The number of morpholine rings is 1. The minimum Gasteiger partial charge on any atom is -0.379 e. The summed E-state index contributed by atoms with van der Waals surface area (Å²) in [6.07, 6.45) is 4.59. The van der Waals surface area contributed by atoms with Gasteiger partial charge in [0.1, 0.15) is 6.54 Å². The largest absolute Gasteiger partial charge is 0.379 e. The summed E-state index contributed by atoms with van der Waals surface area (Å²) in [6.45, 7) is 10.4. The molecule has 1 aliphatic heterocycles. The van der Waals surface area contributed by atoms with Gasteiger partial charge in [-0.05, 0) is 44.4 Å². The SMILES string of the molecule is CCCCCc1ccc(C(=O)N(CCN2CCOCC2)CC(=O)Nc2nc(C)c(C)s2)cc1. The van der Waals surface area contributed by atoms with Gasteiger partial charge in [-0.2, -0.15) is 0 Å². The Bertz CT molecular complexity index is 887. The number of unbranched alkanes of at least 4 members (excludes halogenated alkanes) is 2. The van der Waals surface area contributed by atoms with Crippen molar-refractivity contribution in [3.05, 3.63) is 46.0 Å². The van der Waals surface area contributed by atoms with Gasteiger partial charge in [0.25, 0.3) is 5.91 Å². The lowest BCUT2D eigenvalue weighted by atomic mass is 10.0. The van der Waals surface area contributed by atoms with E-state index in [1.54, 1.807) is 4.90 Å². The Morgan fingerprint density at radius 1 is 1.15 bits per heavy atom. The molecule has 1 N–H and O–H groups in total. The van der Waals surface area contributed by atoms with Crippen molar-refractivity contribution in [2.45, 2.75) is 46.5 Å². The molecule has 1 fully saturated rings. The number of thiazole rings is 1. The fourth-order valence-corrected chi connectivity index (χ4v) is 4.60.